The first kappa shape index (κ1) is 14.7. The van der Waals surface area contributed by atoms with Gasteiger partial charge in [-0.2, -0.15) is 11.8 Å². The Labute approximate surface area is 131 Å². The Hall–Kier alpha value is -0.230. The molecule has 0 aromatic heterocycles. The van der Waals surface area contributed by atoms with Crippen LogP contribution >= 0.6 is 23.4 Å². The molecule has 0 bridgehead atoms. The van der Waals surface area contributed by atoms with Gasteiger partial charge in [-0.25, -0.2) is 0 Å². The molecule has 2 aliphatic rings. The van der Waals surface area contributed by atoms with Crippen LogP contribution in [0.2, 0.25) is 5.02 Å². The van der Waals surface area contributed by atoms with Crippen LogP contribution in [0.1, 0.15) is 19.3 Å². The Kier molecular flexibility index (Phi) is 4.32. The summed E-state index contributed by atoms with van der Waals surface area (Å²) in [5.41, 5.74) is 6.34. The van der Waals surface area contributed by atoms with Gasteiger partial charge in [-0.05, 0) is 43.2 Å². The number of nitrogen functional groups attached to an aromatic ring is 1. The van der Waals surface area contributed by atoms with E-state index in [1.807, 2.05) is 11.8 Å². The number of hydrogen-bond donors (Lipinski definition) is 1. The summed E-state index contributed by atoms with van der Waals surface area (Å²) in [4.78, 5) is 0.666. The van der Waals surface area contributed by atoms with Crippen molar-refractivity contribution in [2.24, 2.45) is 0 Å². The lowest BCUT2D eigenvalue weighted by atomic mass is 9.93. The molecular formula is C14H18ClNO2S2. The molecule has 3 rings (SSSR count). The zero-order valence-corrected chi connectivity index (χ0v) is 13.5. The van der Waals surface area contributed by atoms with Crippen LogP contribution in [-0.4, -0.2) is 33.2 Å². The van der Waals surface area contributed by atoms with Gasteiger partial charge in [-0.15, -0.1) is 0 Å². The highest BCUT2D eigenvalue weighted by Crippen LogP contribution is 2.41. The van der Waals surface area contributed by atoms with Crippen LogP contribution in [0.4, 0.5) is 5.69 Å². The highest BCUT2D eigenvalue weighted by molar-refractivity contribution is 7.99. The van der Waals surface area contributed by atoms with E-state index in [0.717, 1.165) is 30.8 Å². The van der Waals surface area contributed by atoms with Gasteiger partial charge in [0.15, 0.2) is 0 Å². The molecule has 0 saturated carbocycles. The third-order valence-corrected chi connectivity index (χ3v) is 7.43. The van der Waals surface area contributed by atoms with E-state index in [9.17, 15) is 4.21 Å². The van der Waals surface area contributed by atoms with Gasteiger partial charge < -0.3 is 10.5 Å². The monoisotopic (exact) mass is 331 g/mol. The van der Waals surface area contributed by atoms with Gasteiger partial charge in [0, 0.05) is 23.3 Å². The highest BCUT2D eigenvalue weighted by Gasteiger charge is 2.42. The third-order valence-electron chi connectivity index (χ3n) is 3.99. The molecule has 0 radical (unpaired) electrons. The van der Waals surface area contributed by atoms with Gasteiger partial charge in [-0.3, -0.25) is 4.21 Å². The van der Waals surface area contributed by atoms with Gasteiger partial charge >= 0.3 is 0 Å². The van der Waals surface area contributed by atoms with Crippen LogP contribution < -0.4 is 5.73 Å². The van der Waals surface area contributed by atoms with Crippen molar-refractivity contribution in [2.45, 2.75) is 35.0 Å². The zero-order chi connectivity index (χ0) is 14.2. The summed E-state index contributed by atoms with van der Waals surface area (Å²) >= 11 is 8.10. The van der Waals surface area contributed by atoms with E-state index in [4.69, 9.17) is 22.1 Å². The predicted octanol–water partition coefficient (Wildman–Crippen LogP) is 3.08. The van der Waals surface area contributed by atoms with Crippen molar-refractivity contribution >= 4 is 39.8 Å². The molecule has 3 unspecified atom stereocenters. The number of halogens is 1. The molecule has 1 spiro atoms. The second-order valence-corrected chi connectivity index (χ2v) is 8.65. The average Bonchev–Trinajstić information content (AvgIpc) is 2.88. The molecule has 1 aromatic rings. The Morgan fingerprint density at radius 2 is 2.35 bits per heavy atom. The Morgan fingerprint density at radius 1 is 1.50 bits per heavy atom. The van der Waals surface area contributed by atoms with Crippen molar-refractivity contribution in [3.05, 3.63) is 23.2 Å². The summed E-state index contributed by atoms with van der Waals surface area (Å²) in [5, 5.41) is 0.653. The molecule has 0 aliphatic carbocycles. The zero-order valence-electron chi connectivity index (χ0n) is 11.1. The molecule has 2 fully saturated rings. The second kappa shape index (κ2) is 5.87. The van der Waals surface area contributed by atoms with Crippen LogP contribution in [0.15, 0.2) is 23.1 Å². The van der Waals surface area contributed by atoms with Crippen molar-refractivity contribution in [1.82, 2.24) is 0 Å². The molecule has 2 aliphatic heterocycles. The summed E-state index contributed by atoms with van der Waals surface area (Å²) in [6, 6.07) is 5.21. The number of anilines is 1. The minimum absolute atomic E-state index is 0.0595. The van der Waals surface area contributed by atoms with E-state index in [0.29, 0.717) is 22.2 Å². The smallest absolute Gasteiger partial charge is 0.0791 e. The number of nitrogens with two attached hydrogens (primary N) is 1. The van der Waals surface area contributed by atoms with E-state index in [2.05, 4.69) is 0 Å². The lowest BCUT2D eigenvalue weighted by Gasteiger charge is -2.37. The van der Waals surface area contributed by atoms with Gasteiger partial charge in [0.05, 0.1) is 26.3 Å². The second-order valence-electron chi connectivity index (χ2n) is 5.44. The number of thioether (sulfide) groups is 1. The lowest BCUT2D eigenvalue weighted by Crippen LogP contribution is -2.43. The standard InChI is InChI=1S/C14H18ClNO2S2/c15-12-2-1-10(16)7-13(12)20(17)11-3-5-18-14(8-11)4-6-19-9-14/h1-2,7,11H,3-6,8-9,16H2. The number of hydrogen-bond acceptors (Lipinski definition) is 4. The molecule has 1 aromatic carbocycles. The fourth-order valence-electron chi connectivity index (χ4n) is 2.88. The quantitative estimate of drug-likeness (QED) is 0.846. The van der Waals surface area contributed by atoms with Crippen LogP contribution in [0.5, 0.6) is 0 Å². The Morgan fingerprint density at radius 3 is 3.10 bits per heavy atom. The maximum atomic E-state index is 12.8. The maximum absolute atomic E-state index is 12.8. The molecule has 20 heavy (non-hydrogen) atoms. The van der Waals surface area contributed by atoms with Crippen molar-refractivity contribution < 1.29 is 8.95 Å². The fraction of sp³-hybridized carbons (Fsp3) is 0.571. The number of benzene rings is 1. The average molecular weight is 332 g/mol. The Bertz CT molecular complexity index is 532. The summed E-state index contributed by atoms with van der Waals surface area (Å²) in [6.45, 7) is 0.691. The van der Waals surface area contributed by atoms with E-state index >= 15 is 0 Å². The molecule has 110 valence electrons. The van der Waals surface area contributed by atoms with Crippen molar-refractivity contribution in [2.75, 3.05) is 23.8 Å². The minimum Gasteiger partial charge on any atom is -0.399 e. The molecule has 2 heterocycles. The van der Waals surface area contributed by atoms with Crippen LogP contribution in [0, 0.1) is 0 Å². The van der Waals surface area contributed by atoms with Gasteiger partial charge in [0.1, 0.15) is 0 Å². The summed E-state index contributed by atoms with van der Waals surface area (Å²) < 4.78 is 18.8. The maximum Gasteiger partial charge on any atom is 0.0791 e. The molecule has 6 heteroatoms. The third kappa shape index (κ3) is 2.86. The normalized spacial score (nSPS) is 31.6. The molecule has 3 nitrogen and oxygen atoms in total. The number of rotatable bonds is 2. The molecule has 2 saturated heterocycles. The van der Waals surface area contributed by atoms with Crippen molar-refractivity contribution in [3.8, 4) is 0 Å². The molecular weight excluding hydrogens is 314 g/mol. The summed E-state index contributed by atoms with van der Waals surface area (Å²) in [7, 11) is -1.11. The van der Waals surface area contributed by atoms with Gasteiger partial charge in [0.25, 0.3) is 0 Å². The number of ether oxygens (including phenoxy) is 1. The van der Waals surface area contributed by atoms with Crippen LogP contribution in [-0.2, 0) is 15.5 Å². The first-order chi connectivity index (χ1) is 9.60. The van der Waals surface area contributed by atoms with Crippen molar-refractivity contribution in [1.29, 1.82) is 0 Å². The first-order valence-electron chi connectivity index (χ1n) is 6.77. The summed E-state index contributed by atoms with van der Waals surface area (Å²) in [6.07, 6.45) is 2.75. The van der Waals surface area contributed by atoms with E-state index < -0.39 is 10.8 Å². The van der Waals surface area contributed by atoms with Gasteiger partial charge in [0.2, 0.25) is 0 Å². The van der Waals surface area contributed by atoms with E-state index in [1.165, 1.54) is 0 Å². The predicted molar refractivity (Wildman–Crippen MR) is 85.9 cm³/mol. The lowest BCUT2D eigenvalue weighted by molar-refractivity contribution is -0.0567. The fourth-order valence-corrected chi connectivity index (χ4v) is 6.24. The molecule has 2 N–H and O–H groups in total. The first-order valence-corrected chi connectivity index (χ1v) is 9.52. The highest BCUT2D eigenvalue weighted by atomic mass is 35.5. The van der Waals surface area contributed by atoms with E-state index in [-0.39, 0.29) is 10.9 Å². The van der Waals surface area contributed by atoms with E-state index in [1.54, 1.807) is 18.2 Å². The Balaban J connectivity index is 1.81. The van der Waals surface area contributed by atoms with Gasteiger partial charge in [-0.1, -0.05) is 11.6 Å². The SMILES string of the molecule is Nc1ccc(Cl)c(S(=O)C2CCOC3(CCSC3)C2)c1. The van der Waals surface area contributed by atoms with Crippen LogP contribution in [0.3, 0.4) is 0 Å². The van der Waals surface area contributed by atoms with Crippen LogP contribution in [0.25, 0.3) is 0 Å². The van der Waals surface area contributed by atoms with Crippen molar-refractivity contribution in [3.63, 3.8) is 0 Å². The summed E-state index contributed by atoms with van der Waals surface area (Å²) in [5.74, 6) is 2.16. The largest absolute Gasteiger partial charge is 0.399 e. The molecule has 0 amide bonds. The topological polar surface area (TPSA) is 52.3 Å². The molecule has 3 atom stereocenters. The minimum atomic E-state index is -1.11.